The lowest BCUT2D eigenvalue weighted by molar-refractivity contribution is -0.143. The average molecular weight is 266 g/mol. The zero-order valence-corrected chi connectivity index (χ0v) is 12.9. The number of carbonyl (C=O) groups excluding carboxylic acids is 1. The largest absolute Gasteiger partial charge is 0.338 e. The van der Waals surface area contributed by atoms with Gasteiger partial charge in [-0.1, -0.05) is 26.7 Å². The predicted octanol–water partition coefficient (Wildman–Crippen LogP) is 2.80. The molecule has 0 spiro atoms. The summed E-state index contributed by atoms with van der Waals surface area (Å²) in [6, 6.07) is 0.420. The van der Waals surface area contributed by atoms with Crippen molar-refractivity contribution < 1.29 is 4.79 Å². The third-order valence-corrected chi connectivity index (χ3v) is 5.14. The molecule has 3 heteroatoms. The maximum atomic E-state index is 12.9. The smallest absolute Gasteiger partial charge is 0.226 e. The van der Waals surface area contributed by atoms with Gasteiger partial charge in [0.05, 0.1) is 0 Å². The average Bonchev–Trinajstić information content (AvgIpc) is 2.40. The van der Waals surface area contributed by atoms with Crippen molar-refractivity contribution >= 4 is 5.91 Å². The van der Waals surface area contributed by atoms with Gasteiger partial charge >= 0.3 is 0 Å². The highest BCUT2D eigenvalue weighted by Crippen LogP contribution is 2.41. The molecule has 0 radical (unpaired) electrons. The van der Waals surface area contributed by atoms with Gasteiger partial charge in [0.15, 0.2) is 0 Å². The third-order valence-electron chi connectivity index (χ3n) is 5.14. The van der Waals surface area contributed by atoms with Crippen LogP contribution in [0, 0.1) is 11.3 Å². The predicted molar refractivity (Wildman–Crippen MR) is 79.0 cm³/mol. The molecule has 1 heterocycles. The second kappa shape index (κ2) is 6.25. The number of piperidine rings is 1. The van der Waals surface area contributed by atoms with E-state index in [0.717, 1.165) is 26.1 Å². The van der Waals surface area contributed by atoms with Crippen LogP contribution in [0.4, 0.5) is 0 Å². The molecule has 3 nitrogen and oxygen atoms in total. The molecule has 2 fully saturated rings. The van der Waals surface area contributed by atoms with Crippen LogP contribution in [0.5, 0.6) is 0 Å². The van der Waals surface area contributed by atoms with Gasteiger partial charge in [0.2, 0.25) is 5.91 Å². The number of carbonyl (C=O) groups is 1. The molecule has 110 valence electrons. The van der Waals surface area contributed by atoms with E-state index < -0.39 is 0 Å². The van der Waals surface area contributed by atoms with Gasteiger partial charge in [0, 0.05) is 25.0 Å². The van der Waals surface area contributed by atoms with Gasteiger partial charge in [-0.15, -0.1) is 0 Å². The highest BCUT2D eigenvalue weighted by Gasteiger charge is 2.40. The maximum Gasteiger partial charge on any atom is 0.226 e. The van der Waals surface area contributed by atoms with E-state index in [0.29, 0.717) is 11.9 Å². The van der Waals surface area contributed by atoms with Crippen molar-refractivity contribution in [3.05, 3.63) is 0 Å². The molecular weight excluding hydrogens is 236 g/mol. The molecule has 2 unspecified atom stereocenters. The molecular formula is C16H30N2O. The van der Waals surface area contributed by atoms with E-state index in [2.05, 4.69) is 31.0 Å². The summed E-state index contributed by atoms with van der Waals surface area (Å²) in [6.45, 7) is 9.63. The van der Waals surface area contributed by atoms with E-state index in [1.54, 1.807) is 0 Å². The molecule has 19 heavy (non-hydrogen) atoms. The van der Waals surface area contributed by atoms with E-state index in [9.17, 15) is 4.79 Å². The van der Waals surface area contributed by atoms with E-state index >= 15 is 0 Å². The summed E-state index contributed by atoms with van der Waals surface area (Å²) in [5, 5.41) is 3.43. The molecule has 1 aliphatic carbocycles. The van der Waals surface area contributed by atoms with Crippen LogP contribution in [0.1, 0.15) is 59.3 Å². The van der Waals surface area contributed by atoms with Gasteiger partial charge < -0.3 is 10.2 Å². The number of rotatable bonds is 3. The standard InChI is InChI=1S/C16H30N2O/c1-4-18(13-8-7-11-17-12-13)15(19)14-9-5-6-10-16(14,2)3/h13-14,17H,4-12H2,1-3H3. The van der Waals surface area contributed by atoms with Crippen LogP contribution >= 0.6 is 0 Å². The first-order valence-electron chi connectivity index (χ1n) is 8.07. The summed E-state index contributed by atoms with van der Waals surface area (Å²) >= 11 is 0. The van der Waals surface area contributed by atoms with Gasteiger partial charge in [0.25, 0.3) is 0 Å². The molecule has 0 bridgehead atoms. The Morgan fingerprint density at radius 1 is 1.26 bits per heavy atom. The van der Waals surface area contributed by atoms with Crippen LogP contribution in [0.3, 0.4) is 0 Å². The first kappa shape index (κ1) is 14.8. The minimum absolute atomic E-state index is 0.185. The lowest BCUT2D eigenvalue weighted by atomic mass is 9.68. The number of likely N-dealkylation sites (N-methyl/N-ethyl adjacent to an activating group) is 1. The van der Waals surface area contributed by atoms with Crippen molar-refractivity contribution in [3.8, 4) is 0 Å². The Morgan fingerprint density at radius 3 is 2.63 bits per heavy atom. The fraction of sp³-hybridized carbons (Fsp3) is 0.938. The number of nitrogens with zero attached hydrogens (tertiary/aromatic N) is 1. The Balaban J connectivity index is 2.06. The maximum absolute atomic E-state index is 12.9. The Labute approximate surface area is 118 Å². The van der Waals surface area contributed by atoms with Crippen LogP contribution in [0.15, 0.2) is 0 Å². The molecule has 2 aliphatic rings. The SMILES string of the molecule is CCN(C(=O)C1CCCCC1(C)C)C1CCCNC1. The molecule has 0 aromatic rings. The Hall–Kier alpha value is -0.570. The second-order valence-electron chi connectivity index (χ2n) is 6.91. The van der Waals surface area contributed by atoms with Crippen molar-refractivity contribution in [2.75, 3.05) is 19.6 Å². The third kappa shape index (κ3) is 3.31. The summed E-state index contributed by atoms with van der Waals surface area (Å²) in [5.41, 5.74) is 0.185. The fourth-order valence-corrected chi connectivity index (χ4v) is 3.85. The van der Waals surface area contributed by atoms with Gasteiger partial charge in [-0.3, -0.25) is 4.79 Å². The van der Waals surface area contributed by atoms with Crippen molar-refractivity contribution in [1.82, 2.24) is 10.2 Å². The number of amides is 1. The van der Waals surface area contributed by atoms with Crippen LogP contribution in [0.2, 0.25) is 0 Å². The van der Waals surface area contributed by atoms with Crippen LogP contribution < -0.4 is 5.32 Å². The number of hydrogen-bond donors (Lipinski definition) is 1. The molecule has 2 atom stereocenters. The van der Waals surface area contributed by atoms with Crippen molar-refractivity contribution in [3.63, 3.8) is 0 Å². The molecule has 0 aromatic heterocycles. The van der Waals surface area contributed by atoms with Crippen molar-refractivity contribution in [1.29, 1.82) is 0 Å². The van der Waals surface area contributed by atoms with Gasteiger partial charge in [0.1, 0.15) is 0 Å². The van der Waals surface area contributed by atoms with Crippen LogP contribution in [0.25, 0.3) is 0 Å². The normalized spacial score (nSPS) is 30.9. The molecule has 0 aromatic carbocycles. The Kier molecular flexibility index (Phi) is 4.88. The molecule has 1 N–H and O–H groups in total. The monoisotopic (exact) mass is 266 g/mol. The fourth-order valence-electron chi connectivity index (χ4n) is 3.85. The highest BCUT2D eigenvalue weighted by atomic mass is 16.2. The summed E-state index contributed by atoms with van der Waals surface area (Å²) in [4.78, 5) is 15.1. The van der Waals surface area contributed by atoms with Crippen LogP contribution in [-0.2, 0) is 4.79 Å². The first-order chi connectivity index (χ1) is 9.06. The van der Waals surface area contributed by atoms with Gasteiger partial charge in [-0.2, -0.15) is 0 Å². The lowest BCUT2D eigenvalue weighted by Gasteiger charge is -2.43. The quantitative estimate of drug-likeness (QED) is 0.852. The minimum atomic E-state index is 0.185. The summed E-state index contributed by atoms with van der Waals surface area (Å²) in [6.07, 6.45) is 7.16. The molecule has 1 saturated carbocycles. The zero-order valence-electron chi connectivity index (χ0n) is 12.9. The Morgan fingerprint density at radius 2 is 2.05 bits per heavy atom. The van der Waals surface area contributed by atoms with E-state index in [-0.39, 0.29) is 11.3 Å². The van der Waals surface area contributed by atoms with E-state index in [4.69, 9.17) is 0 Å². The zero-order chi connectivity index (χ0) is 13.9. The minimum Gasteiger partial charge on any atom is -0.338 e. The van der Waals surface area contributed by atoms with Crippen LogP contribution in [-0.4, -0.2) is 36.5 Å². The second-order valence-corrected chi connectivity index (χ2v) is 6.91. The highest BCUT2D eigenvalue weighted by molar-refractivity contribution is 5.80. The lowest BCUT2D eigenvalue weighted by Crippen LogP contribution is -2.52. The topological polar surface area (TPSA) is 32.3 Å². The molecule has 2 rings (SSSR count). The molecule has 1 amide bonds. The number of nitrogens with one attached hydrogen (secondary N) is 1. The summed E-state index contributed by atoms with van der Waals surface area (Å²) in [5.74, 6) is 0.657. The van der Waals surface area contributed by atoms with Crippen molar-refractivity contribution in [2.45, 2.75) is 65.3 Å². The summed E-state index contributed by atoms with van der Waals surface area (Å²) < 4.78 is 0. The van der Waals surface area contributed by atoms with Crippen molar-refractivity contribution in [2.24, 2.45) is 11.3 Å². The van der Waals surface area contributed by atoms with Gasteiger partial charge in [-0.05, 0) is 44.6 Å². The van der Waals surface area contributed by atoms with E-state index in [1.807, 2.05) is 0 Å². The first-order valence-corrected chi connectivity index (χ1v) is 8.07. The number of hydrogen-bond acceptors (Lipinski definition) is 2. The molecule has 1 aliphatic heterocycles. The summed E-state index contributed by atoms with van der Waals surface area (Å²) in [7, 11) is 0. The Bertz CT molecular complexity index is 308. The molecule has 1 saturated heterocycles. The van der Waals surface area contributed by atoms with Gasteiger partial charge in [-0.25, -0.2) is 0 Å². The van der Waals surface area contributed by atoms with E-state index in [1.165, 1.54) is 32.1 Å².